The smallest absolute Gasteiger partial charge is 0.229 e. The summed E-state index contributed by atoms with van der Waals surface area (Å²) in [7, 11) is 0. The zero-order valence-corrected chi connectivity index (χ0v) is 15.6. The van der Waals surface area contributed by atoms with E-state index in [9.17, 15) is 9.18 Å². The molecule has 2 aromatic carbocycles. The molecule has 142 valence electrons. The number of amides is 1. The van der Waals surface area contributed by atoms with Crippen molar-refractivity contribution in [1.82, 2.24) is 15.8 Å². The molecule has 0 aromatic heterocycles. The van der Waals surface area contributed by atoms with Gasteiger partial charge in [-0.3, -0.25) is 10.2 Å². The van der Waals surface area contributed by atoms with Crippen molar-refractivity contribution in [2.75, 3.05) is 37.6 Å². The molecule has 0 aliphatic carbocycles. The Morgan fingerprint density at radius 1 is 1.07 bits per heavy atom. The predicted octanol–water partition coefficient (Wildman–Crippen LogP) is 2.59. The third kappa shape index (κ3) is 3.93. The van der Waals surface area contributed by atoms with Gasteiger partial charge >= 0.3 is 0 Å². The third-order valence-electron chi connectivity index (χ3n) is 5.29. The van der Waals surface area contributed by atoms with Crippen LogP contribution in [0.4, 0.5) is 10.1 Å². The van der Waals surface area contributed by atoms with Crippen LogP contribution in [-0.4, -0.2) is 43.5 Å². The lowest BCUT2D eigenvalue weighted by atomic mass is 9.93. The summed E-state index contributed by atoms with van der Waals surface area (Å²) in [5.74, 6) is -0.252. The number of carbonyl (C=O) groups is 1. The lowest BCUT2D eigenvalue weighted by Gasteiger charge is -2.37. The molecular weight excluding hydrogens is 367 g/mol. The Hall–Kier alpha value is -2.15. The van der Waals surface area contributed by atoms with Crippen molar-refractivity contribution in [2.24, 2.45) is 5.92 Å². The molecule has 5 nitrogen and oxygen atoms in total. The van der Waals surface area contributed by atoms with Gasteiger partial charge in [-0.05, 0) is 42.0 Å². The zero-order valence-electron chi connectivity index (χ0n) is 14.9. The van der Waals surface area contributed by atoms with Gasteiger partial charge < -0.3 is 9.80 Å². The minimum Gasteiger partial charge on any atom is -0.368 e. The minimum atomic E-state index is -0.235. The minimum absolute atomic E-state index is 0.0914. The topological polar surface area (TPSA) is 47.6 Å². The number of halogens is 2. The fourth-order valence-electron chi connectivity index (χ4n) is 3.81. The largest absolute Gasteiger partial charge is 0.368 e. The summed E-state index contributed by atoms with van der Waals surface area (Å²) in [4.78, 5) is 17.2. The predicted molar refractivity (Wildman–Crippen MR) is 104 cm³/mol. The number of hydrogen-bond donors (Lipinski definition) is 2. The first kappa shape index (κ1) is 18.2. The van der Waals surface area contributed by atoms with Gasteiger partial charge in [0, 0.05) is 43.4 Å². The van der Waals surface area contributed by atoms with E-state index in [-0.39, 0.29) is 23.7 Å². The molecule has 4 rings (SSSR count). The van der Waals surface area contributed by atoms with Gasteiger partial charge in [0.25, 0.3) is 0 Å². The summed E-state index contributed by atoms with van der Waals surface area (Å²) in [5, 5.41) is 0.667. The first-order valence-electron chi connectivity index (χ1n) is 9.15. The molecule has 0 radical (unpaired) electrons. The number of benzene rings is 2. The van der Waals surface area contributed by atoms with Crippen LogP contribution in [0.2, 0.25) is 5.02 Å². The molecule has 0 spiro atoms. The van der Waals surface area contributed by atoms with Gasteiger partial charge in [0.05, 0.1) is 12.0 Å². The molecule has 2 unspecified atom stereocenters. The molecule has 2 saturated heterocycles. The van der Waals surface area contributed by atoms with Crippen LogP contribution in [0.1, 0.15) is 11.6 Å². The highest BCUT2D eigenvalue weighted by atomic mass is 35.5. The Bertz CT molecular complexity index is 808. The average molecular weight is 389 g/mol. The molecule has 0 bridgehead atoms. The van der Waals surface area contributed by atoms with Crippen molar-refractivity contribution in [3.63, 3.8) is 0 Å². The van der Waals surface area contributed by atoms with Crippen LogP contribution in [0.15, 0.2) is 48.5 Å². The number of hydrazine groups is 1. The molecule has 7 heteroatoms. The maximum atomic E-state index is 13.1. The average Bonchev–Trinajstić information content (AvgIpc) is 3.18. The van der Waals surface area contributed by atoms with Crippen molar-refractivity contribution in [3.8, 4) is 0 Å². The van der Waals surface area contributed by atoms with Crippen molar-refractivity contribution < 1.29 is 9.18 Å². The second-order valence-electron chi connectivity index (χ2n) is 6.95. The molecule has 1 amide bonds. The van der Waals surface area contributed by atoms with Gasteiger partial charge in [-0.2, -0.15) is 0 Å². The number of carbonyl (C=O) groups excluding carboxylic acids is 1. The molecule has 2 fully saturated rings. The van der Waals surface area contributed by atoms with E-state index < -0.39 is 0 Å². The van der Waals surface area contributed by atoms with Gasteiger partial charge in [0.2, 0.25) is 5.91 Å². The molecule has 0 saturated carbocycles. The standard InChI is InChI=1S/C20H22ClFN4O/c21-15-3-1-2-14(12-15)19-18(13-23-24-19)20(27)26-10-8-25(9-11-26)17-6-4-16(22)5-7-17/h1-7,12,18-19,23-24H,8-11,13H2. The third-order valence-corrected chi connectivity index (χ3v) is 5.53. The molecule has 2 aliphatic heterocycles. The fraction of sp³-hybridized carbons (Fsp3) is 0.350. The molecule has 2 N–H and O–H groups in total. The van der Waals surface area contributed by atoms with Crippen LogP contribution in [0.3, 0.4) is 0 Å². The summed E-state index contributed by atoms with van der Waals surface area (Å²) in [6.45, 7) is 3.40. The van der Waals surface area contributed by atoms with Crippen LogP contribution in [0, 0.1) is 11.7 Å². The lowest BCUT2D eigenvalue weighted by Crippen LogP contribution is -2.51. The van der Waals surface area contributed by atoms with Crippen molar-refractivity contribution in [1.29, 1.82) is 0 Å². The lowest BCUT2D eigenvalue weighted by molar-refractivity contribution is -0.135. The first-order valence-corrected chi connectivity index (χ1v) is 9.53. The van der Waals surface area contributed by atoms with Crippen molar-refractivity contribution >= 4 is 23.2 Å². The molecular formula is C20H22ClFN4O. The Morgan fingerprint density at radius 2 is 1.81 bits per heavy atom. The zero-order chi connectivity index (χ0) is 18.8. The van der Waals surface area contributed by atoms with E-state index in [0.29, 0.717) is 24.7 Å². The van der Waals surface area contributed by atoms with Gasteiger partial charge in [-0.15, -0.1) is 0 Å². The highest BCUT2D eigenvalue weighted by Crippen LogP contribution is 2.29. The molecule has 27 heavy (non-hydrogen) atoms. The van der Waals surface area contributed by atoms with Gasteiger partial charge in [0.15, 0.2) is 0 Å². The van der Waals surface area contributed by atoms with Crippen molar-refractivity contribution in [2.45, 2.75) is 6.04 Å². The van der Waals surface area contributed by atoms with Crippen LogP contribution in [0.5, 0.6) is 0 Å². The number of hydrogen-bond acceptors (Lipinski definition) is 4. The Kier molecular flexibility index (Phi) is 5.29. The van der Waals surface area contributed by atoms with E-state index in [1.165, 1.54) is 12.1 Å². The second-order valence-corrected chi connectivity index (χ2v) is 7.39. The summed E-state index contributed by atoms with van der Waals surface area (Å²) in [6.07, 6.45) is 0. The normalized spacial score (nSPS) is 22.9. The van der Waals surface area contributed by atoms with E-state index in [4.69, 9.17) is 11.6 Å². The van der Waals surface area contributed by atoms with Crippen molar-refractivity contribution in [3.05, 3.63) is 64.9 Å². The number of nitrogens with one attached hydrogen (secondary N) is 2. The summed E-state index contributed by atoms with van der Waals surface area (Å²) >= 11 is 6.11. The van der Waals surface area contributed by atoms with E-state index >= 15 is 0 Å². The highest BCUT2D eigenvalue weighted by Gasteiger charge is 2.37. The van der Waals surface area contributed by atoms with Crippen LogP contribution < -0.4 is 15.8 Å². The SMILES string of the molecule is O=C(C1CNNC1c1cccc(Cl)c1)N1CCN(c2ccc(F)cc2)CC1. The molecule has 2 heterocycles. The van der Waals surface area contributed by atoms with Gasteiger partial charge in [0.1, 0.15) is 5.82 Å². The Morgan fingerprint density at radius 3 is 2.52 bits per heavy atom. The van der Waals surface area contributed by atoms with Gasteiger partial charge in [-0.1, -0.05) is 23.7 Å². The molecule has 2 aliphatic rings. The maximum Gasteiger partial charge on any atom is 0.229 e. The van der Waals surface area contributed by atoms with Crippen LogP contribution >= 0.6 is 11.6 Å². The molecule has 2 atom stereocenters. The quantitative estimate of drug-likeness (QED) is 0.848. The monoisotopic (exact) mass is 388 g/mol. The van der Waals surface area contributed by atoms with Crippen LogP contribution in [-0.2, 0) is 4.79 Å². The number of piperazine rings is 1. The van der Waals surface area contributed by atoms with E-state index in [0.717, 1.165) is 24.3 Å². The van der Waals surface area contributed by atoms with E-state index in [1.807, 2.05) is 29.2 Å². The fourth-order valence-corrected chi connectivity index (χ4v) is 4.01. The van der Waals surface area contributed by atoms with Crippen LogP contribution in [0.25, 0.3) is 0 Å². The first-order chi connectivity index (χ1) is 13.1. The van der Waals surface area contributed by atoms with Gasteiger partial charge in [-0.25, -0.2) is 9.82 Å². The maximum absolute atomic E-state index is 13.1. The summed E-state index contributed by atoms with van der Waals surface area (Å²) < 4.78 is 13.1. The van der Waals surface area contributed by atoms with E-state index in [1.54, 1.807) is 12.1 Å². The Labute approximate surface area is 163 Å². The number of rotatable bonds is 3. The summed E-state index contributed by atoms with van der Waals surface area (Å²) in [6, 6.07) is 14.0. The Balaban J connectivity index is 1.40. The highest BCUT2D eigenvalue weighted by molar-refractivity contribution is 6.30. The molecule has 2 aromatic rings. The van der Waals surface area contributed by atoms with E-state index in [2.05, 4.69) is 15.8 Å². The number of anilines is 1. The summed E-state index contributed by atoms with van der Waals surface area (Å²) in [5.41, 5.74) is 8.32. The number of nitrogens with zero attached hydrogens (tertiary/aromatic N) is 2. The second kappa shape index (κ2) is 7.84.